The van der Waals surface area contributed by atoms with Crippen molar-refractivity contribution in [3.05, 3.63) is 54.1 Å². The van der Waals surface area contributed by atoms with E-state index in [1.54, 1.807) is 0 Å². The minimum absolute atomic E-state index is 0.220. The lowest BCUT2D eigenvalue weighted by Crippen LogP contribution is -2.34. The van der Waals surface area contributed by atoms with Gasteiger partial charge in [0.15, 0.2) is 11.5 Å². The van der Waals surface area contributed by atoms with Gasteiger partial charge in [-0.25, -0.2) is 4.79 Å². The van der Waals surface area contributed by atoms with E-state index in [0.29, 0.717) is 18.0 Å². The van der Waals surface area contributed by atoms with Crippen molar-refractivity contribution in [3.8, 4) is 11.5 Å². The van der Waals surface area contributed by atoms with E-state index in [0.717, 1.165) is 31.4 Å². The zero-order chi connectivity index (χ0) is 18.0. The fourth-order valence-electron chi connectivity index (χ4n) is 3.61. The first-order valence-corrected chi connectivity index (χ1v) is 9.25. The van der Waals surface area contributed by atoms with Gasteiger partial charge in [0.2, 0.25) is 0 Å². The number of anilines is 1. The Hall–Kier alpha value is -2.69. The number of amides is 2. The van der Waals surface area contributed by atoms with Crippen molar-refractivity contribution in [2.75, 3.05) is 11.9 Å². The molecule has 2 aromatic rings. The van der Waals surface area contributed by atoms with Crippen LogP contribution < -0.4 is 20.1 Å². The summed E-state index contributed by atoms with van der Waals surface area (Å²) in [6.45, 7) is 2.67. The summed E-state index contributed by atoms with van der Waals surface area (Å²) in [6.07, 6.45) is 4.09. The van der Waals surface area contributed by atoms with Crippen LogP contribution in [0.15, 0.2) is 48.5 Å². The van der Waals surface area contributed by atoms with Crippen LogP contribution in [-0.2, 0) is 0 Å². The summed E-state index contributed by atoms with van der Waals surface area (Å²) in [4.78, 5) is 12.2. The first-order valence-electron chi connectivity index (χ1n) is 9.25. The summed E-state index contributed by atoms with van der Waals surface area (Å²) in [5.74, 6) is 1.24. The molecule has 5 nitrogen and oxygen atoms in total. The highest BCUT2D eigenvalue weighted by atomic mass is 16.7. The molecular formula is C21H24N2O3. The molecule has 1 heterocycles. The van der Waals surface area contributed by atoms with E-state index < -0.39 is 5.79 Å². The fourth-order valence-corrected chi connectivity index (χ4v) is 3.61. The molecule has 1 atom stereocenters. The molecule has 1 spiro atoms. The van der Waals surface area contributed by atoms with Gasteiger partial charge in [0, 0.05) is 31.1 Å². The van der Waals surface area contributed by atoms with Gasteiger partial charge >= 0.3 is 6.03 Å². The topological polar surface area (TPSA) is 59.6 Å². The van der Waals surface area contributed by atoms with Gasteiger partial charge in [-0.15, -0.1) is 0 Å². The van der Waals surface area contributed by atoms with E-state index in [9.17, 15) is 4.79 Å². The third-order valence-electron chi connectivity index (χ3n) is 5.10. The summed E-state index contributed by atoms with van der Waals surface area (Å²) in [5.41, 5.74) is 1.91. The lowest BCUT2D eigenvalue weighted by atomic mass is 10.0. The molecule has 2 aliphatic rings. The maximum atomic E-state index is 12.2. The van der Waals surface area contributed by atoms with Crippen molar-refractivity contribution in [2.45, 2.75) is 44.3 Å². The van der Waals surface area contributed by atoms with Crippen LogP contribution in [0.4, 0.5) is 10.5 Å². The van der Waals surface area contributed by atoms with E-state index >= 15 is 0 Å². The Balaban J connectivity index is 1.33. The minimum Gasteiger partial charge on any atom is -0.448 e. The SMILES string of the molecule is CC(CNC(=O)Nc1ccc2c(c1)OC1(CCCC1)O2)c1ccccc1. The normalized spacial score (nSPS) is 17.9. The molecule has 0 bridgehead atoms. The predicted molar refractivity (Wildman–Crippen MR) is 101 cm³/mol. The van der Waals surface area contributed by atoms with Crippen LogP contribution in [0.25, 0.3) is 0 Å². The van der Waals surface area contributed by atoms with Gasteiger partial charge < -0.3 is 20.1 Å². The monoisotopic (exact) mass is 352 g/mol. The van der Waals surface area contributed by atoms with Gasteiger partial charge in [-0.2, -0.15) is 0 Å². The Kier molecular flexibility index (Phi) is 4.45. The van der Waals surface area contributed by atoms with Crippen molar-refractivity contribution in [3.63, 3.8) is 0 Å². The highest BCUT2D eigenvalue weighted by Gasteiger charge is 2.44. The average molecular weight is 352 g/mol. The quantitative estimate of drug-likeness (QED) is 0.842. The number of benzene rings is 2. The number of hydrogen-bond donors (Lipinski definition) is 2. The number of fused-ring (bicyclic) bond motifs is 1. The number of rotatable bonds is 4. The Morgan fingerprint density at radius 3 is 2.58 bits per heavy atom. The van der Waals surface area contributed by atoms with Crippen molar-refractivity contribution < 1.29 is 14.3 Å². The highest BCUT2D eigenvalue weighted by Crippen LogP contribution is 2.47. The summed E-state index contributed by atoms with van der Waals surface area (Å²) < 4.78 is 12.0. The second kappa shape index (κ2) is 6.90. The molecule has 0 saturated heterocycles. The van der Waals surface area contributed by atoms with E-state index in [2.05, 4.69) is 29.7 Å². The standard InChI is InChI=1S/C21H24N2O3/c1-15(16-7-3-2-4-8-16)14-22-20(24)23-17-9-10-18-19(13-17)26-21(25-18)11-5-6-12-21/h2-4,7-10,13,15H,5-6,11-12,14H2,1H3,(H2,22,23,24). The van der Waals surface area contributed by atoms with Crippen molar-refractivity contribution in [2.24, 2.45) is 0 Å². The summed E-state index contributed by atoms with van der Waals surface area (Å²) in [5, 5.41) is 5.80. The second-order valence-electron chi connectivity index (χ2n) is 7.13. The third-order valence-corrected chi connectivity index (χ3v) is 5.10. The Morgan fingerprint density at radius 1 is 1.08 bits per heavy atom. The average Bonchev–Trinajstić information content (AvgIpc) is 3.26. The zero-order valence-corrected chi connectivity index (χ0v) is 15.0. The van der Waals surface area contributed by atoms with E-state index in [1.165, 1.54) is 5.56 Å². The molecule has 1 aliphatic carbocycles. The van der Waals surface area contributed by atoms with Gasteiger partial charge in [0.25, 0.3) is 5.79 Å². The second-order valence-corrected chi connectivity index (χ2v) is 7.13. The van der Waals surface area contributed by atoms with Crippen molar-refractivity contribution >= 4 is 11.7 Å². The molecule has 1 aliphatic heterocycles. The van der Waals surface area contributed by atoms with Gasteiger partial charge in [0.1, 0.15) is 0 Å². The van der Waals surface area contributed by atoms with Crippen LogP contribution in [-0.4, -0.2) is 18.4 Å². The predicted octanol–water partition coefficient (Wildman–Crippen LogP) is 4.65. The van der Waals surface area contributed by atoms with Crippen LogP contribution in [0.5, 0.6) is 11.5 Å². The van der Waals surface area contributed by atoms with E-state index in [4.69, 9.17) is 9.47 Å². The number of urea groups is 1. The lowest BCUT2D eigenvalue weighted by molar-refractivity contribution is -0.0716. The van der Waals surface area contributed by atoms with Gasteiger partial charge in [-0.3, -0.25) is 0 Å². The first-order chi connectivity index (χ1) is 12.6. The number of carbonyl (C=O) groups is 1. The first kappa shape index (κ1) is 16.8. The van der Waals surface area contributed by atoms with Crippen molar-refractivity contribution in [1.29, 1.82) is 0 Å². The Labute approximate surface area is 153 Å². The van der Waals surface area contributed by atoms with E-state index in [1.807, 2.05) is 36.4 Å². The maximum absolute atomic E-state index is 12.2. The van der Waals surface area contributed by atoms with Gasteiger partial charge in [-0.1, -0.05) is 37.3 Å². The summed E-state index contributed by atoms with van der Waals surface area (Å²) in [7, 11) is 0. The molecule has 1 fully saturated rings. The van der Waals surface area contributed by atoms with E-state index in [-0.39, 0.29) is 11.9 Å². The minimum atomic E-state index is -0.478. The smallest absolute Gasteiger partial charge is 0.319 e. The number of carbonyl (C=O) groups excluding carboxylic acids is 1. The van der Waals surface area contributed by atoms with Crippen LogP contribution in [0, 0.1) is 0 Å². The molecule has 1 saturated carbocycles. The molecule has 26 heavy (non-hydrogen) atoms. The lowest BCUT2D eigenvalue weighted by Gasteiger charge is -2.21. The van der Waals surface area contributed by atoms with Gasteiger partial charge in [-0.05, 0) is 36.5 Å². The third kappa shape index (κ3) is 3.47. The van der Waals surface area contributed by atoms with Gasteiger partial charge in [0.05, 0.1) is 0 Å². The molecule has 1 unspecified atom stereocenters. The summed E-state index contributed by atoms with van der Waals surface area (Å²) >= 11 is 0. The molecule has 5 heteroatoms. The largest absolute Gasteiger partial charge is 0.448 e. The van der Waals surface area contributed by atoms with Crippen LogP contribution in [0.3, 0.4) is 0 Å². The van der Waals surface area contributed by atoms with Crippen LogP contribution >= 0.6 is 0 Å². The molecule has 0 aromatic heterocycles. The van der Waals surface area contributed by atoms with Crippen LogP contribution in [0.1, 0.15) is 44.1 Å². The summed E-state index contributed by atoms with van der Waals surface area (Å²) in [6, 6.07) is 15.5. The number of nitrogens with one attached hydrogen (secondary N) is 2. The molecule has 2 N–H and O–H groups in total. The molecule has 136 valence electrons. The highest BCUT2D eigenvalue weighted by molar-refractivity contribution is 5.89. The molecule has 4 rings (SSSR count). The van der Waals surface area contributed by atoms with Crippen LogP contribution in [0.2, 0.25) is 0 Å². The molecule has 0 radical (unpaired) electrons. The van der Waals surface area contributed by atoms with Crippen molar-refractivity contribution in [1.82, 2.24) is 5.32 Å². The Morgan fingerprint density at radius 2 is 1.81 bits per heavy atom. The number of hydrogen-bond acceptors (Lipinski definition) is 3. The molecular weight excluding hydrogens is 328 g/mol. The number of ether oxygens (including phenoxy) is 2. The fraction of sp³-hybridized carbons (Fsp3) is 0.381. The maximum Gasteiger partial charge on any atom is 0.319 e. The Bertz CT molecular complexity index is 785. The molecule has 2 amide bonds. The zero-order valence-electron chi connectivity index (χ0n) is 15.0. The molecule has 2 aromatic carbocycles.